The molecule has 0 bridgehead atoms. The van der Waals surface area contributed by atoms with Gasteiger partial charge in [-0.2, -0.15) is 0 Å². The highest BCUT2D eigenvalue weighted by atomic mass is 32.1. The maximum atomic E-state index is 12.5. The standard InChI is InChI=1S/C17H17NO3S/c19-16(8-7-12-4-3-11-22-12)18-10-9-14(17(20)21)13-5-1-2-6-15(13)18/h1-6,11,14H,7-10H2,(H,20,21). The van der Waals surface area contributed by atoms with Crippen LogP contribution in [0.25, 0.3) is 0 Å². The summed E-state index contributed by atoms with van der Waals surface area (Å²) in [7, 11) is 0. The topological polar surface area (TPSA) is 57.6 Å². The number of fused-ring (bicyclic) bond motifs is 1. The Bertz CT molecular complexity index is 681. The van der Waals surface area contributed by atoms with Crippen LogP contribution in [0.1, 0.15) is 29.2 Å². The lowest BCUT2D eigenvalue weighted by molar-refractivity contribution is -0.139. The zero-order chi connectivity index (χ0) is 15.5. The van der Waals surface area contributed by atoms with Crippen molar-refractivity contribution in [3.8, 4) is 0 Å². The van der Waals surface area contributed by atoms with E-state index in [9.17, 15) is 14.7 Å². The normalized spacial score (nSPS) is 17.1. The molecule has 2 heterocycles. The number of aryl methyl sites for hydroxylation is 1. The highest BCUT2D eigenvalue weighted by Gasteiger charge is 2.31. The molecule has 1 atom stereocenters. The van der Waals surface area contributed by atoms with Gasteiger partial charge in [-0.25, -0.2) is 0 Å². The molecule has 1 aromatic heterocycles. The minimum atomic E-state index is -0.821. The van der Waals surface area contributed by atoms with Gasteiger partial charge >= 0.3 is 5.97 Å². The van der Waals surface area contributed by atoms with Crippen molar-refractivity contribution in [2.24, 2.45) is 0 Å². The zero-order valence-corrected chi connectivity index (χ0v) is 12.9. The van der Waals surface area contributed by atoms with Crippen LogP contribution in [0.15, 0.2) is 41.8 Å². The van der Waals surface area contributed by atoms with Gasteiger partial charge in [-0.3, -0.25) is 9.59 Å². The third-order valence-electron chi connectivity index (χ3n) is 4.01. The van der Waals surface area contributed by atoms with E-state index in [1.165, 1.54) is 4.88 Å². The number of amides is 1. The van der Waals surface area contributed by atoms with Crippen LogP contribution in [0.2, 0.25) is 0 Å². The Morgan fingerprint density at radius 2 is 2.05 bits per heavy atom. The summed E-state index contributed by atoms with van der Waals surface area (Å²) in [5, 5.41) is 11.3. The van der Waals surface area contributed by atoms with Gasteiger partial charge in [0, 0.05) is 23.5 Å². The largest absolute Gasteiger partial charge is 0.481 e. The van der Waals surface area contributed by atoms with Crippen LogP contribution in [0.3, 0.4) is 0 Å². The highest BCUT2D eigenvalue weighted by molar-refractivity contribution is 7.09. The van der Waals surface area contributed by atoms with Gasteiger partial charge in [-0.15, -0.1) is 11.3 Å². The van der Waals surface area contributed by atoms with Gasteiger partial charge in [0.1, 0.15) is 0 Å². The fourth-order valence-corrected chi connectivity index (χ4v) is 3.61. The number of nitrogens with zero attached hydrogens (tertiary/aromatic N) is 1. The molecular formula is C17H17NO3S. The van der Waals surface area contributed by atoms with E-state index in [1.54, 1.807) is 16.2 Å². The van der Waals surface area contributed by atoms with E-state index in [2.05, 4.69) is 0 Å². The van der Waals surface area contributed by atoms with Gasteiger partial charge in [0.05, 0.1) is 5.92 Å². The smallest absolute Gasteiger partial charge is 0.311 e. The molecule has 3 rings (SSSR count). The molecular weight excluding hydrogens is 298 g/mol. The maximum Gasteiger partial charge on any atom is 0.311 e. The maximum absolute atomic E-state index is 12.5. The number of hydrogen-bond donors (Lipinski definition) is 1. The Balaban J connectivity index is 1.78. The van der Waals surface area contributed by atoms with Crippen molar-refractivity contribution in [1.82, 2.24) is 0 Å². The van der Waals surface area contributed by atoms with E-state index >= 15 is 0 Å². The molecule has 1 aliphatic heterocycles. The molecule has 1 N–H and O–H groups in total. The number of carboxylic acid groups (broad SMARTS) is 1. The minimum absolute atomic E-state index is 0.0599. The third-order valence-corrected chi connectivity index (χ3v) is 4.95. The van der Waals surface area contributed by atoms with Crippen LogP contribution in [-0.4, -0.2) is 23.5 Å². The number of anilines is 1. The Hall–Kier alpha value is -2.14. The van der Waals surface area contributed by atoms with E-state index in [1.807, 2.05) is 41.8 Å². The predicted octanol–water partition coefficient (Wildman–Crippen LogP) is 3.29. The molecule has 0 fully saturated rings. The minimum Gasteiger partial charge on any atom is -0.481 e. The molecule has 0 saturated carbocycles. The van der Waals surface area contributed by atoms with Crippen molar-refractivity contribution in [2.45, 2.75) is 25.2 Å². The van der Waals surface area contributed by atoms with Crippen LogP contribution in [0, 0.1) is 0 Å². The zero-order valence-electron chi connectivity index (χ0n) is 12.1. The number of benzene rings is 1. The van der Waals surface area contributed by atoms with Gasteiger partial charge in [0.15, 0.2) is 0 Å². The first-order valence-electron chi connectivity index (χ1n) is 7.31. The molecule has 114 valence electrons. The lowest BCUT2D eigenvalue weighted by atomic mass is 9.90. The summed E-state index contributed by atoms with van der Waals surface area (Å²) in [6, 6.07) is 11.3. The Kier molecular flexibility index (Phi) is 4.24. The second kappa shape index (κ2) is 6.32. The average molecular weight is 315 g/mol. The fraction of sp³-hybridized carbons (Fsp3) is 0.294. The van der Waals surface area contributed by atoms with Crippen LogP contribution >= 0.6 is 11.3 Å². The number of para-hydroxylation sites is 1. The molecule has 1 unspecified atom stereocenters. The lowest BCUT2D eigenvalue weighted by Crippen LogP contribution is -2.38. The van der Waals surface area contributed by atoms with E-state index < -0.39 is 11.9 Å². The van der Waals surface area contributed by atoms with Crippen LogP contribution in [0.5, 0.6) is 0 Å². The second-order valence-corrected chi connectivity index (χ2v) is 6.40. The summed E-state index contributed by atoms with van der Waals surface area (Å²) >= 11 is 1.65. The number of carbonyl (C=O) groups excluding carboxylic acids is 1. The van der Waals surface area contributed by atoms with Crippen molar-refractivity contribution in [3.63, 3.8) is 0 Å². The Labute approximate surface area is 133 Å². The van der Waals surface area contributed by atoms with Crippen LogP contribution in [0.4, 0.5) is 5.69 Å². The summed E-state index contributed by atoms with van der Waals surface area (Å²) in [6.07, 6.45) is 1.65. The molecule has 0 saturated heterocycles. The Morgan fingerprint density at radius 3 is 2.77 bits per heavy atom. The number of thiophene rings is 1. The van der Waals surface area contributed by atoms with Crippen molar-refractivity contribution < 1.29 is 14.7 Å². The van der Waals surface area contributed by atoms with Gasteiger partial charge < -0.3 is 10.0 Å². The first-order chi connectivity index (χ1) is 10.7. The summed E-state index contributed by atoms with van der Waals surface area (Å²) in [5.41, 5.74) is 1.49. The first-order valence-corrected chi connectivity index (χ1v) is 8.19. The molecule has 0 spiro atoms. The lowest BCUT2D eigenvalue weighted by Gasteiger charge is -2.32. The SMILES string of the molecule is O=C(O)C1CCN(C(=O)CCc2cccs2)c2ccccc21. The molecule has 0 radical (unpaired) electrons. The van der Waals surface area contributed by atoms with E-state index in [0.717, 1.165) is 17.7 Å². The van der Waals surface area contributed by atoms with Gasteiger partial charge in [-0.1, -0.05) is 24.3 Å². The van der Waals surface area contributed by atoms with Gasteiger partial charge in [-0.05, 0) is 35.9 Å². The second-order valence-electron chi connectivity index (χ2n) is 5.36. The van der Waals surface area contributed by atoms with E-state index in [-0.39, 0.29) is 5.91 Å². The molecule has 0 aliphatic carbocycles. The predicted molar refractivity (Wildman–Crippen MR) is 86.4 cm³/mol. The van der Waals surface area contributed by atoms with E-state index in [0.29, 0.717) is 19.4 Å². The molecule has 1 amide bonds. The van der Waals surface area contributed by atoms with Gasteiger partial charge in [0.2, 0.25) is 5.91 Å². The van der Waals surface area contributed by atoms with Gasteiger partial charge in [0.25, 0.3) is 0 Å². The number of carboxylic acids is 1. The Morgan fingerprint density at radius 1 is 1.23 bits per heavy atom. The average Bonchev–Trinajstić information content (AvgIpc) is 3.04. The number of carbonyl (C=O) groups is 2. The summed E-state index contributed by atoms with van der Waals surface area (Å²) in [5.74, 6) is -1.28. The summed E-state index contributed by atoms with van der Waals surface area (Å²) < 4.78 is 0. The van der Waals surface area contributed by atoms with Crippen molar-refractivity contribution in [1.29, 1.82) is 0 Å². The number of hydrogen-bond acceptors (Lipinski definition) is 3. The molecule has 4 nitrogen and oxygen atoms in total. The third kappa shape index (κ3) is 2.90. The summed E-state index contributed by atoms with van der Waals surface area (Å²) in [4.78, 5) is 26.8. The van der Waals surface area contributed by atoms with Crippen molar-refractivity contribution >= 4 is 28.9 Å². The monoisotopic (exact) mass is 315 g/mol. The number of rotatable bonds is 4. The molecule has 2 aromatic rings. The molecule has 1 aromatic carbocycles. The summed E-state index contributed by atoms with van der Waals surface area (Å²) in [6.45, 7) is 0.469. The van der Waals surface area contributed by atoms with Crippen LogP contribution in [-0.2, 0) is 16.0 Å². The molecule has 5 heteroatoms. The molecule has 1 aliphatic rings. The van der Waals surface area contributed by atoms with E-state index in [4.69, 9.17) is 0 Å². The van der Waals surface area contributed by atoms with Crippen molar-refractivity contribution in [3.05, 3.63) is 52.2 Å². The van der Waals surface area contributed by atoms with Crippen LogP contribution < -0.4 is 4.90 Å². The number of aliphatic carboxylic acids is 1. The first kappa shape index (κ1) is 14.8. The quantitative estimate of drug-likeness (QED) is 0.942. The molecule has 22 heavy (non-hydrogen) atoms. The van der Waals surface area contributed by atoms with Crippen molar-refractivity contribution in [2.75, 3.05) is 11.4 Å². The highest BCUT2D eigenvalue weighted by Crippen LogP contribution is 2.35. The fourth-order valence-electron chi connectivity index (χ4n) is 2.90.